The second-order valence-electron chi connectivity index (χ2n) is 12.3. The predicted octanol–water partition coefficient (Wildman–Crippen LogP) is 1.96. The Kier molecular flexibility index (Phi) is 8.65. The van der Waals surface area contributed by atoms with Crippen LogP contribution in [-0.4, -0.2) is 109 Å². The fourth-order valence-corrected chi connectivity index (χ4v) is 9.13. The van der Waals surface area contributed by atoms with Crippen molar-refractivity contribution in [1.82, 2.24) is 25.3 Å². The number of Topliss-reactive ketones (excluding diaryl/α,β-unsaturated/α-hetero) is 1. The summed E-state index contributed by atoms with van der Waals surface area (Å²) in [6, 6.07) is 8.16. The second-order valence-corrected chi connectivity index (χ2v) is 13.7. The predicted molar refractivity (Wildman–Crippen MR) is 160 cm³/mol. The molecule has 11 heteroatoms. The highest BCUT2D eigenvalue weighted by Crippen LogP contribution is 2.53. The number of methoxy groups -OCH3 is 1. The molecule has 5 aliphatic rings. The van der Waals surface area contributed by atoms with E-state index < -0.39 is 11.1 Å². The number of fused-ring (bicyclic) bond motifs is 2. The van der Waals surface area contributed by atoms with Crippen molar-refractivity contribution in [3.8, 4) is 11.8 Å². The van der Waals surface area contributed by atoms with Gasteiger partial charge in [0.15, 0.2) is 12.1 Å². The summed E-state index contributed by atoms with van der Waals surface area (Å²) in [5.74, 6) is 0.961. The Hall–Kier alpha value is -2.46. The van der Waals surface area contributed by atoms with Crippen molar-refractivity contribution in [3.63, 3.8) is 0 Å². The van der Waals surface area contributed by atoms with Crippen LogP contribution in [0, 0.1) is 17.2 Å². The third-order valence-corrected chi connectivity index (χ3v) is 11.5. The van der Waals surface area contributed by atoms with Gasteiger partial charge in [0, 0.05) is 36.5 Å². The number of nitrogens with one attached hydrogen (secondary N) is 2. The number of rotatable bonds is 7. The maximum atomic E-state index is 14.5. The number of likely N-dealkylation sites (tertiary alicyclic amines) is 1. The maximum absolute atomic E-state index is 14.5. The summed E-state index contributed by atoms with van der Waals surface area (Å²) >= 11 is 1.71. The zero-order valence-corrected chi connectivity index (χ0v) is 25.4. The molecule has 1 spiro atoms. The van der Waals surface area contributed by atoms with Crippen LogP contribution in [0.4, 0.5) is 0 Å². The third kappa shape index (κ3) is 5.49. The van der Waals surface area contributed by atoms with E-state index in [1.54, 1.807) is 23.8 Å². The Morgan fingerprint density at radius 3 is 2.86 bits per heavy atom. The van der Waals surface area contributed by atoms with Gasteiger partial charge in [0.05, 0.1) is 49.2 Å². The molecule has 6 rings (SSSR count). The number of carbonyl (C=O) groups is 2. The summed E-state index contributed by atoms with van der Waals surface area (Å²) in [7, 11) is 3.81. The smallest absolute Gasteiger partial charge is 0.246 e. The summed E-state index contributed by atoms with van der Waals surface area (Å²) < 4.78 is 11.4. The first-order valence-corrected chi connectivity index (χ1v) is 16.0. The number of hydrogen-bond donors (Lipinski definition) is 2. The summed E-state index contributed by atoms with van der Waals surface area (Å²) in [6.07, 6.45) is 5.65. The first-order valence-electron chi connectivity index (χ1n) is 15.1. The van der Waals surface area contributed by atoms with Gasteiger partial charge in [0.25, 0.3) is 0 Å². The zero-order chi connectivity index (χ0) is 29.4. The largest absolute Gasteiger partial charge is 0.497 e. The van der Waals surface area contributed by atoms with Gasteiger partial charge in [0.1, 0.15) is 5.75 Å². The molecule has 1 saturated carbocycles. The Morgan fingerprint density at radius 2 is 2.12 bits per heavy atom. The SMILES string of the molecule is C=CC(=O)N1CCN(C2NC(OCC3CCCN3C)NC3C(=O)[C@]4(CCC32)Cc2cc(OC)ccc2S4)CC1CC#N. The normalized spacial score (nSPS) is 35.1. The van der Waals surface area contributed by atoms with Crippen LogP contribution in [-0.2, 0) is 20.7 Å². The highest BCUT2D eigenvalue weighted by molar-refractivity contribution is 8.01. The average molecular weight is 595 g/mol. The highest BCUT2D eigenvalue weighted by atomic mass is 32.2. The van der Waals surface area contributed by atoms with E-state index in [0.717, 1.165) is 36.5 Å². The molecule has 226 valence electrons. The number of piperazine rings is 1. The van der Waals surface area contributed by atoms with E-state index in [1.165, 1.54) is 18.1 Å². The average Bonchev–Trinajstić information content (AvgIpc) is 3.60. The van der Waals surface area contributed by atoms with Gasteiger partial charge >= 0.3 is 0 Å². The molecule has 3 saturated heterocycles. The molecular formula is C31H42N6O4S. The topological polar surface area (TPSA) is 110 Å². The van der Waals surface area contributed by atoms with Crippen LogP contribution in [0.3, 0.4) is 0 Å². The minimum atomic E-state index is -0.501. The molecule has 4 heterocycles. The lowest BCUT2D eigenvalue weighted by molar-refractivity contribution is -0.144. The van der Waals surface area contributed by atoms with Crippen LogP contribution in [0.25, 0.3) is 0 Å². The fraction of sp³-hybridized carbons (Fsp3) is 0.645. The van der Waals surface area contributed by atoms with Crippen molar-refractivity contribution in [2.45, 2.75) is 78.8 Å². The quantitative estimate of drug-likeness (QED) is 0.455. The van der Waals surface area contributed by atoms with Crippen molar-refractivity contribution in [2.75, 3.05) is 46.9 Å². The molecule has 1 aliphatic carbocycles. The minimum absolute atomic E-state index is 0.0420. The van der Waals surface area contributed by atoms with E-state index in [1.807, 2.05) is 6.07 Å². The number of ether oxygens (including phenoxy) is 2. The summed E-state index contributed by atoms with van der Waals surface area (Å²) in [4.78, 5) is 34.6. The molecule has 1 aromatic carbocycles. The Bertz CT molecular complexity index is 1260. The van der Waals surface area contributed by atoms with Gasteiger partial charge in [-0.3, -0.25) is 25.1 Å². The van der Waals surface area contributed by atoms with Gasteiger partial charge < -0.3 is 19.3 Å². The van der Waals surface area contributed by atoms with Gasteiger partial charge in [-0.25, -0.2) is 0 Å². The van der Waals surface area contributed by atoms with Crippen molar-refractivity contribution in [1.29, 1.82) is 5.26 Å². The standard InChI is InChI=1S/C31H42N6O4S/c1-4-26(38)37-15-14-36(18-21(37)10-12-32)29-24-9-11-31(17-20-16-23(40-3)7-8-25(20)42-31)28(39)27(24)33-30(34-29)41-19-22-6-5-13-35(22)2/h4,7-8,16,21-22,24,27,29-30,33-34H,1,5-6,9-11,13-15,17-19H2,2-3H3/t21?,22?,24?,27?,29?,30?,31-/m0/s1. The van der Waals surface area contributed by atoms with Gasteiger partial charge in [0.2, 0.25) is 5.91 Å². The number of benzene rings is 1. The van der Waals surface area contributed by atoms with E-state index >= 15 is 0 Å². The monoisotopic (exact) mass is 594 g/mol. The van der Waals surface area contributed by atoms with Crippen molar-refractivity contribution < 1.29 is 19.1 Å². The molecule has 2 N–H and O–H groups in total. The third-order valence-electron chi connectivity index (χ3n) is 9.97. The molecule has 4 aliphatic heterocycles. The molecule has 4 fully saturated rings. The first-order chi connectivity index (χ1) is 20.4. The number of carbonyl (C=O) groups excluding carboxylic acids is 2. The Morgan fingerprint density at radius 1 is 1.26 bits per heavy atom. The Balaban J connectivity index is 1.24. The lowest BCUT2D eigenvalue weighted by Crippen LogP contribution is -2.75. The molecule has 7 atom stereocenters. The fourth-order valence-electron chi connectivity index (χ4n) is 7.64. The number of nitriles is 1. The molecule has 1 aromatic rings. The van der Waals surface area contributed by atoms with Gasteiger partial charge in [-0.15, -0.1) is 11.8 Å². The van der Waals surface area contributed by atoms with E-state index in [9.17, 15) is 14.9 Å². The highest BCUT2D eigenvalue weighted by Gasteiger charge is 2.56. The first kappa shape index (κ1) is 29.6. The second kappa shape index (κ2) is 12.3. The van der Waals surface area contributed by atoms with Gasteiger partial charge in [-0.05, 0) is 75.5 Å². The molecule has 6 unspecified atom stereocenters. The number of ketones is 1. The summed E-state index contributed by atoms with van der Waals surface area (Å²) in [5, 5.41) is 16.8. The van der Waals surface area contributed by atoms with Gasteiger partial charge in [-0.2, -0.15) is 5.26 Å². The molecule has 0 bridgehead atoms. The van der Waals surface area contributed by atoms with E-state index in [-0.39, 0.29) is 42.3 Å². The van der Waals surface area contributed by atoms with Crippen LogP contribution in [0.5, 0.6) is 5.75 Å². The Labute approximate surface area is 252 Å². The molecular weight excluding hydrogens is 552 g/mol. The number of likely N-dealkylation sites (N-methyl/N-ethyl adjacent to an activating group) is 1. The van der Waals surface area contributed by atoms with Crippen LogP contribution in [0.1, 0.15) is 37.7 Å². The van der Waals surface area contributed by atoms with Crippen molar-refractivity contribution in [3.05, 3.63) is 36.4 Å². The number of thioether (sulfide) groups is 1. The molecule has 0 aromatic heterocycles. The zero-order valence-electron chi connectivity index (χ0n) is 24.6. The van der Waals surface area contributed by atoms with E-state index in [2.05, 4.69) is 52.3 Å². The number of hydrogen-bond acceptors (Lipinski definition) is 10. The van der Waals surface area contributed by atoms with Crippen LogP contribution in [0.15, 0.2) is 35.7 Å². The van der Waals surface area contributed by atoms with Crippen LogP contribution in [0.2, 0.25) is 0 Å². The minimum Gasteiger partial charge on any atom is -0.497 e. The number of nitrogens with zero attached hydrogens (tertiary/aromatic N) is 4. The van der Waals surface area contributed by atoms with E-state index in [4.69, 9.17) is 9.47 Å². The lowest BCUT2D eigenvalue weighted by Gasteiger charge is -2.54. The van der Waals surface area contributed by atoms with Crippen molar-refractivity contribution in [2.24, 2.45) is 5.92 Å². The van der Waals surface area contributed by atoms with E-state index in [0.29, 0.717) is 38.7 Å². The molecule has 10 nitrogen and oxygen atoms in total. The van der Waals surface area contributed by atoms with Gasteiger partial charge in [-0.1, -0.05) is 6.58 Å². The number of amides is 1. The van der Waals surface area contributed by atoms with Crippen LogP contribution >= 0.6 is 11.8 Å². The molecule has 1 amide bonds. The summed E-state index contributed by atoms with van der Waals surface area (Å²) in [5.41, 5.74) is 1.18. The lowest BCUT2D eigenvalue weighted by atomic mass is 9.72. The van der Waals surface area contributed by atoms with Crippen molar-refractivity contribution >= 4 is 23.5 Å². The molecule has 42 heavy (non-hydrogen) atoms. The molecule has 0 radical (unpaired) electrons. The maximum Gasteiger partial charge on any atom is 0.246 e. The summed E-state index contributed by atoms with van der Waals surface area (Å²) in [6.45, 7) is 7.05. The van der Waals surface area contributed by atoms with Crippen LogP contribution < -0.4 is 15.4 Å².